The topological polar surface area (TPSA) is 57.0 Å². The van der Waals surface area contributed by atoms with E-state index in [1.54, 1.807) is 0 Å². The Hall–Kier alpha value is -1.88. The van der Waals surface area contributed by atoms with E-state index in [-0.39, 0.29) is 11.9 Å². The third kappa shape index (κ3) is 2.29. The van der Waals surface area contributed by atoms with Gasteiger partial charge in [0.2, 0.25) is 0 Å². The third-order valence-electron chi connectivity index (χ3n) is 3.56. The summed E-state index contributed by atoms with van der Waals surface area (Å²) >= 11 is 6.01. The molecular weight excluding hydrogens is 278 g/mol. The summed E-state index contributed by atoms with van der Waals surface area (Å²) in [6.45, 7) is 0.552. The van der Waals surface area contributed by atoms with Crippen molar-refractivity contribution in [1.29, 1.82) is 0 Å². The van der Waals surface area contributed by atoms with Gasteiger partial charge < -0.3 is 9.30 Å². The second-order valence-corrected chi connectivity index (χ2v) is 5.26. The lowest BCUT2D eigenvalue weighted by molar-refractivity contribution is -0.146. The molecule has 1 aromatic carbocycles. The number of halogens is 1. The number of aromatic nitrogens is 3. The molecular formula is C14H14ClN3O2. The molecule has 0 saturated heterocycles. The zero-order chi connectivity index (χ0) is 14.1. The van der Waals surface area contributed by atoms with Crippen molar-refractivity contribution in [3.05, 3.63) is 35.1 Å². The van der Waals surface area contributed by atoms with E-state index < -0.39 is 0 Å². The Morgan fingerprint density at radius 1 is 1.45 bits per heavy atom. The fourth-order valence-electron chi connectivity index (χ4n) is 2.53. The van der Waals surface area contributed by atoms with Gasteiger partial charge in [-0.15, -0.1) is 10.2 Å². The highest BCUT2D eigenvalue weighted by Gasteiger charge is 2.28. The van der Waals surface area contributed by atoms with Crippen LogP contribution >= 0.6 is 11.6 Å². The Morgan fingerprint density at radius 2 is 2.30 bits per heavy atom. The smallest absolute Gasteiger partial charge is 0.310 e. The van der Waals surface area contributed by atoms with Gasteiger partial charge in [-0.2, -0.15) is 0 Å². The highest BCUT2D eigenvalue weighted by molar-refractivity contribution is 6.30. The molecule has 0 fully saturated rings. The fraction of sp³-hybridized carbons (Fsp3) is 0.357. The standard InChI is InChI=1S/C14H14ClN3O2/c1-20-14(19)10-5-6-12-16-17-13(18(12)8-10)9-3-2-4-11(15)7-9/h2-4,7,10H,5-6,8H2,1H3. The number of carbonyl (C=O) groups is 1. The van der Waals surface area contributed by atoms with Crippen molar-refractivity contribution in [2.24, 2.45) is 5.92 Å². The molecule has 0 aliphatic carbocycles. The van der Waals surface area contributed by atoms with Crippen molar-refractivity contribution < 1.29 is 9.53 Å². The molecule has 0 saturated carbocycles. The summed E-state index contributed by atoms with van der Waals surface area (Å²) in [6.07, 6.45) is 1.48. The maximum absolute atomic E-state index is 11.7. The van der Waals surface area contributed by atoms with Gasteiger partial charge in [0.25, 0.3) is 0 Å². The number of hydrogen-bond donors (Lipinski definition) is 0. The highest BCUT2D eigenvalue weighted by atomic mass is 35.5. The van der Waals surface area contributed by atoms with Crippen LogP contribution in [0.15, 0.2) is 24.3 Å². The SMILES string of the molecule is COC(=O)C1CCc2nnc(-c3cccc(Cl)c3)n2C1. The predicted molar refractivity (Wildman–Crippen MR) is 74.3 cm³/mol. The summed E-state index contributed by atoms with van der Waals surface area (Å²) in [6, 6.07) is 7.47. The molecule has 1 atom stereocenters. The van der Waals surface area contributed by atoms with E-state index >= 15 is 0 Å². The molecule has 0 N–H and O–H groups in total. The fourth-order valence-corrected chi connectivity index (χ4v) is 2.72. The number of aryl methyl sites for hydroxylation is 1. The van der Waals surface area contributed by atoms with E-state index in [4.69, 9.17) is 16.3 Å². The highest BCUT2D eigenvalue weighted by Crippen LogP contribution is 2.27. The molecule has 1 aromatic heterocycles. The first-order valence-corrected chi connectivity index (χ1v) is 6.82. The molecule has 5 nitrogen and oxygen atoms in total. The molecule has 2 aromatic rings. The first-order valence-electron chi connectivity index (χ1n) is 6.45. The van der Waals surface area contributed by atoms with E-state index in [1.807, 2.05) is 28.8 Å². The predicted octanol–water partition coefficient (Wildman–Crippen LogP) is 2.33. The molecule has 20 heavy (non-hydrogen) atoms. The molecule has 0 radical (unpaired) electrons. The number of carbonyl (C=O) groups excluding carboxylic acids is 1. The molecule has 104 valence electrons. The number of ether oxygens (including phenoxy) is 1. The van der Waals surface area contributed by atoms with E-state index in [1.165, 1.54) is 7.11 Å². The van der Waals surface area contributed by atoms with Crippen molar-refractivity contribution in [3.63, 3.8) is 0 Å². The largest absolute Gasteiger partial charge is 0.469 e. The van der Waals surface area contributed by atoms with Crippen LogP contribution in [0.5, 0.6) is 0 Å². The van der Waals surface area contributed by atoms with Crippen LogP contribution in [0.1, 0.15) is 12.2 Å². The van der Waals surface area contributed by atoms with E-state index in [0.717, 1.165) is 30.1 Å². The second-order valence-electron chi connectivity index (χ2n) is 4.82. The first-order chi connectivity index (χ1) is 9.69. The summed E-state index contributed by atoms with van der Waals surface area (Å²) in [5, 5.41) is 9.08. The van der Waals surface area contributed by atoms with Crippen LogP contribution in [0.3, 0.4) is 0 Å². The average molecular weight is 292 g/mol. The van der Waals surface area contributed by atoms with Gasteiger partial charge in [-0.25, -0.2) is 0 Å². The molecule has 2 heterocycles. The number of esters is 1. The van der Waals surface area contributed by atoms with Gasteiger partial charge in [0.05, 0.1) is 13.0 Å². The van der Waals surface area contributed by atoms with Crippen molar-refractivity contribution in [1.82, 2.24) is 14.8 Å². The van der Waals surface area contributed by atoms with Crippen LogP contribution in [-0.4, -0.2) is 27.8 Å². The Balaban J connectivity index is 1.97. The Morgan fingerprint density at radius 3 is 3.05 bits per heavy atom. The van der Waals surface area contributed by atoms with Crippen molar-refractivity contribution in [2.45, 2.75) is 19.4 Å². The van der Waals surface area contributed by atoms with E-state index in [9.17, 15) is 4.79 Å². The number of benzene rings is 1. The number of fused-ring (bicyclic) bond motifs is 1. The number of rotatable bonds is 2. The third-order valence-corrected chi connectivity index (χ3v) is 3.80. The van der Waals surface area contributed by atoms with Gasteiger partial charge >= 0.3 is 5.97 Å². The summed E-state index contributed by atoms with van der Waals surface area (Å²) in [4.78, 5) is 11.7. The lowest BCUT2D eigenvalue weighted by Gasteiger charge is -2.22. The van der Waals surface area contributed by atoms with Gasteiger partial charge in [-0.05, 0) is 18.6 Å². The van der Waals surface area contributed by atoms with Crippen molar-refractivity contribution in [2.75, 3.05) is 7.11 Å². The summed E-state index contributed by atoms with van der Waals surface area (Å²) in [7, 11) is 1.42. The van der Waals surface area contributed by atoms with E-state index in [0.29, 0.717) is 11.6 Å². The Labute approximate surface area is 121 Å². The normalized spacial score (nSPS) is 17.6. The zero-order valence-electron chi connectivity index (χ0n) is 11.0. The minimum Gasteiger partial charge on any atom is -0.469 e. The van der Waals surface area contributed by atoms with Crippen LogP contribution < -0.4 is 0 Å². The van der Waals surface area contributed by atoms with Crippen LogP contribution in [0, 0.1) is 5.92 Å². The van der Waals surface area contributed by atoms with Crippen molar-refractivity contribution >= 4 is 17.6 Å². The van der Waals surface area contributed by atoms with Gasteiger partial charge in [0, 0.05) is 23.6 Å². The minimum absolute atomic E-state index is 0.138. The van der Waals surface area contributed by atoms with Gasteiger partial charge in [0.1, 0.15) is 5.82 Å². The maximum Gasteiger partial charge on any atom is 0.310 e. The van der Waals surface area contributed by atoms with Crippen molar-refractivity contribution in [3.8, 4) is 11.4 Å². The molecule has 0 bridgehead atoms. The molecule has 1 aliphatic heterocycles. The second kappa shape index (κ2) is 5.25. The number of hydrogen-bond acceptors (Lipinski definition) is 4. The van der Waals surface area contributed by atoms with Crippen LogP contribution in [0.4, 0.5) is 0 Å². The first kappa shape index (κ1) is 13.1. The van der Waals surface area contributed by atoms with E-state index in [2.05, 4.69) is 10.2 Å². The summed E-state index contributed by atoms with van der Waals surface area (Å²) < 4.78 is 6.81. The van der Waals surface area contributed by atoms with Crippen LogP contribution in [-0.2, 0) is 22.5 Å². The Bertz CT molecular complexity index is 654. The minimum atomic E-state index is -0.179. The number of methoxy groups -OCH3 is 1. The van der Waals surface area contributed by atoms with Crippen LogP contribution in [0.25, 0.3) is 11.4 Å². The maximum atomic E-state index is 11.7. The monoisotopic (exact) mass is 291 g/mol. The molecule has 6 heteroatoms. The zero-order valence-corrected chi connectivity index (χ0v) is 11.8. The summed E-state index contributed by atoms with van der Waals surface area (Å²) in [5.74, 6) is 1.33. The van der Waals surface area contributed by atoms with Gasteiger partial charge in [-0.3, -0.25) is 4.79 Å². The lowest BCUT2D eigenvalue weighted by atomic mass is 9.99. The molecule has 1 aliphatic rings. The quantitative estimate of drug-likeness (QED) is 0.797. The average Bonchev–Trinajstić information content (AvgIpc) is 2.89. The van der Waals surface area contributed by atoms with Crippen LogP contribution in [0.2, 0.25) is 5.02 Å². The number of nitrogens with zero attached hydrogens (tertiary/aromatic N) is 3. The van der Waals surface area contributed by atoms with Gasteiger partial charge in [0.15, 0.2) is 5.82 Å². The molecule has 3 rings (SSSR count). The summed E-state index contributed by atoms with van der Waals surface area (Å²) in [5.41, 5.74) is 0.904. The van der Waals surface area contributed by atoms with Gasteiger partial charge in [-0.1, -0.05) is 23.7 Å². The Kier molecular flexibility index (Phi) is 3.44. The lowest BCUT2D eigenvalue weighted by Crippen LogP contribution is -2.28. The molecule has 1 unspecified atom stereocenters. The molecule has 0 spiro atoms. The molecule has 0 amide bonds.